The lowest BCUT2D eigenvalue weighted by Gasteiger charge is -2.39. The summed E-state index contributed by atoms with van der Waals surface area (Å²) in [5.41, 5.74) is 3.27. The number of aromatic nitrogens is 3. The Bertz CT molecular complexity index is 1190. The molecular formula is C25H32N4O8. The number of hydroxylamine groups is 1. The van der Waals surface area contributed by atoms with Crippen LogP contribution in [-0.4, -0.2) is 83.8 Å². The molecule has 200 valence electrons. The SMILES string of the molecule is O=C(CCCCCCn1cc(-c2ccc3cc(O[C@H]4O[C@H](CO)[C@@H](O)[C@H](O)[C@@H]4O)ccc3c2)nn1)NO. The fraction of sp³-hybridized carbons (Fsp3) is 0.480. The van der Waals surface area contributed by atoms with E-state index in [1.807, 2.05) is 30.5 Å². The van der Waals surface area contributed by atoms with Gasteiger partial charge in [0.05, 0.1) is 12.8 Å². The van der Waals surface area contributed by atoms with Gasteiger partial charge < -0.3 is 29.9 Å². The van der Waals surface area contributed by atoms with Crippen LogP contribution in [0.4, 0.5) is 0 Å². The smallest absolute Gasteiger partial charge is 0.243 e. The topological polar surface area (TPSA) is 179 Å². The molecule has 2 heterocycles. The zero-order valence-electron chi connectivity index (χ0n) is 20.2. The highest BCUT2D eigenvalue weighted by molar-refractivity contribution is 5.87. The molecule has 0 radical (unpaired) electrons. The number of unbranched alkanes of at least 4 members (excludes halogenated alkanes) is 3. The molecule has 2 aromatic carbocycles. The minimum absolute atomic E-state index is 0.313. The highest BCUT2D eigenvalue weighted by atomic mass is 16.7. The van der Waals surface area contributed by atoms with Crippen molar-refractivity contribution in [1.29, 1.82) is 0 Å². The maximum Gasteiger partial charge on any atom is 0.243 e. The predicted molar refractivity (Wildman–Crippen MR) is 130 cm³/mol. The molecule has 5 atom stereocenters. The Morgan fingerprint density at radius 3 is 2.54 bits per heavy atom. The fourth-order valence-corrected chi connectivity index (χ4v) is 4.26. The van der Waals surface area contributed by atoms with Crippen molar-refractivity contribution in [2.75, 3.05) is 6.61 Å². The van der Waals surface area contributed by atoms with Crippen molar-refractivity contribution in [3.63, 3.8) is 0 Å². The van der Waals surface area contributed by atoms with Gasteiger partial charge in [0.1, 0.15) is 35.9 Å². The normalized spacial score (nSPS) is 23.8. The minimum atomic E-state index is -1.51. The van der Waals surface area contributed by atoms with E-state index in [0.717, 1.165) is 47.7 Å². The molecule has 0 bridgehead atoms. The van der Waals surface area contributed by atoms with Gasteiger partial charge in [0.2, 0.25) is 12.2 Å². The second-order valence-electron chi connectivity index (χ2n) is 9.10. The molecule has 37 heavy (non-hydrogen) atoms. The molecule has 0 saturated carbocycles. The Labute approximate surface area is 213 Å². The number of nitrogens with zero attached hydrogens (tertiary/aromatic N) is 3. The van der Waals surface area contributed by atoms with Crippen molar-refractivity contribution in [2.45, 2.75) is 69.4 Å². The van der Waals surface area contributed by atoms with Gasteiger partial charge in [-0.3, -0.25) is 14.7 Å². The van der Waals surface area contributed by atoms with Gasteiger partial charge in [-0.25, -0.2) is 5.48 Å². The van der Waals surface area contributed by atoms with Crippen LogP contribution in [0.1, 0.15) is 32.1 Å². The van der Waals surface area contributed by atoms with Crippen LogP contribution in [-0.2, 0) is 16.1 Å². The monoisotopic (exact) mass is 516 g/mol. The first-order chi connectivity index (χ1) is 17.9. The van der Waals surface area contributed by atoms with Crippen molar-refractivity contribution in [3.8, 4) is 17.0 Å². The summed E-state index contributed by atoms with van der Waals surface area (Å²) in [6.07, 6.45) is -1.07. The van der Waals surface area contributed by atoms with Gasteiger partial charge in [0, 0.05) is 18.5 Å². The molecule has 4 rings (SSSR count). The molecule has 1 aromatic heterocycles. The maximum absolute atomic E-state index is 11.0. The van der Waals surface area contributed by atoms with Crippen molar-refractivity contribution in [2.24, 2.45) is 0 Å². The second-order valence-corrected chi connectivity index (χ2v) is 9.10. The summed E-state index contributed by atoms with van der Waals surface area (Å²) in [5.74, 6) is 0.0290. The van der Waals surface area contributed by atoms with Crippen LogP contribution in [0.5, 0.6) is 5.75 Å². The van der Waals surface area contributed by atoms with Gasteiger partial charge in [0.25, 0.3) is 0 Å². The largest absolute Gasteiger partial charge is 0.462 e. The van der Waals surface area contributed by atoms with Gasteiger partial charge in [-0.15, -0.1) is 5.10 Å². The number of nitrogens with one attached hydrogen (secondary N) is 1. The Balaban J connectivity index is 1.35. The number of carbonyl (C=O) groups is 1. The number of aliphatic hydroxyl groups is 4. The van der Waals surface area contributed by atoms with E-state index in [4.69, 9.17) is 14.7 Å². The van der Waals surface area contributed by atoms with E-state index in [2.05, 4.69) is 10.3 Å². The fourth-order valence-electron chi connectivity index (χ4n) is 4.26. The second kappa shape index (κ2) is 12.4. The molecule has 1 aliphatic rings. The number of fused-ring (bicyclic) bond motifs is 1. The summed E-state index contributed by atoms with van der Waals surface area (Å²) in [6.45, 7) is 0.187. The number of aryl methyl sites for hydroxylation is 1. The zero-order valence-corrected chi connectivity index (χ0v) is 20.2. The van der Waals surface area contributed by atoms with E-state index in [1.54, 1.807) is 22.3 Å². The van der Waals surface area contributed by atoms with E-state index in [1.165, 1.54) is 0 Å². The summed E-state index contributed by atoms with van der Waals surface area (Å²) >= 11 is 0. The molecule has 1 fully saturated rings. The number of aliphatic hydroxyl groups excluding tert-OH is 4. The molecule has 0 aliphatic carbocycles. The predicted octanol–water partition coefficient (Wildman–Crippen LogP) is 0.733. The number of benzene rings is 2. The quantitative estimate of drug-likeness (QED) is 0.121. The van der Waals surface area contributed by atoms with Crippen LogP contribution in [0.2, 0.25) is 0 Å². The van der Waals surface area contributed by atoms with Crippen LogP contribution < -0.4 is 10.2 Å². The third-order valence-electron chi connectivity index (χ3n) is 6.41. The molecule has 0 spiro atoms. The number of hydrogen-bond acceptors (Lipinski definition) is 10. The van der Waals surface area contributed by atoms with Gasteiger partial charge in [-0.2, -0.15) is 0 Å². The molecule has 1 aliphatic heterocycles. The number of carbonyl (C=O) groups excluding carboxylic acids is 1. The van der Waals surface area contributed by atoms with E-state index in [9.17, 15) is 25.2 Å². The van der Waals surface area contributed by atoms with E-state index in [0.29, 0.717) is 18.7 Å². The first kappa shape index (κ1) is 26.9. The van der Waals surface area contributed by atoms with Gasteiger partial charge in [-0.05, 0) is 41.8 Å². The van der Waals surface area contributed by atoms with Crippen molar-refractivity contribution in [3.05, 3.63) is 42.6 Å². The summed E-state index contributed by atoms with van der Waals surface area (Å²) in [7, 11) is 0. The summed E-state index contributed by atoms with van der Waals surface area (Å²) < 4.78 is 12.9. The molecule has 1 amide bonds. The molecule has 3 aromatic rings. The Kier molecular flexibility index (Phi) is 9.03. The summed E-state index contributed by atoms with van der Waals surface area (Å²) in [4.78, 5) is 11.0. The summed E-state index contributed by atoms with van der Waals surface area (Å²) in [6, 6.07) is 11.1. The van der Waals surface area contributed by atoms with Crippen LogP contribution in [0.25, 0.3) is 22.0 Å². The lowest BCUT2D eigenvalue weighted by atomic mass is 9.99. The average Bonchev–Trinajstić information content (AvgIpc) is 3.39. The average molecular weight is 517 g/mol. The highest BCUT2D eigenvalue weighted by Gasteiger charge is 2.44. The van der Waals surface area contributed by atoms with Gasteiger partial charge in [-0.1, -0.05) is 36.3 Å². The molecular weight excluding hydrogens is 484 g/mol. The molecule has 6 N–H and O–H groups in total. The first-order valence-electron chi connectivity index (χ1n) is 12.2. The Hall–Kier alpha value is -3.13. The van der Waals surface area contributed by atoms with Crippen LogP contribution in [0.3, 0.4) is 0 Å². The van der Waals surface area contributed by atoms with Crippen LogP contribution in [0, 0.1) is 0 Å². The Morgan fingerprint density at radius 2 is 1.76 bits per heavy atom. The number of amides is 1. The lowest BCUT2D eigenvalue weighted by Crippen LogP contribution is -2.60. The number of rotatable bonds is 11. The maximum atomic E-state index is 11.0. The zero-order chi connectivity index (χ0) is 26.4. The van der Waals surface area contributed by atoms with E-state index >= 15 is 0 Å². The first-order valence-corrected chi connectivity index (χ1v) is 12.2. The minimum Gasteiger partial charge on any atom is -0.462 e. The highest BCUT2D eigenvalue weighted by Crippen LogP contribution is 2.29. The van der Waals surface area contributed by atoms with Crippen molar-refractivity contribution in [1.82, 2.24) is 20.5 Å². The van der Waals surface area contributed by atoms with E-state index in [-0.39, 0.29) is 5.91 Å². The van der Waals surface area contributed by atoms with Gasteiger partial charge in [0.15, 0.2) is 0 Å². The lowest BCUT2D eigenvalue weighted by molar-refractivity contribution is -0.277. The molecule has 0 unspecified atom stereocenters. The third-order valence-corrected chi connectivity index (χ3v) is 6.41. The number of ether oxygens (including phenoxy) is 2. The molecule has 12 heteroatoms. The van der Waals surface area contributed by atoms with Crippen LogP contribution in [0.15, 0.2) is 42.6 Å². The Morgan fingerprint density at radius 1 is 1.00 bits per heavy atom. The standard InChI is InChI=1S/C25H32N4O8/c30-14-20-22(32)23(33)24(34)25(37-20)36-18-9-8-15-11-17(7-6-16(15)12-18)19-13-29(28-26-19)10-4-2-1-3-5-21(31)27-35/h6-9,11-13,20,22-25,30,32-35H,1-5,10,14H2,(H,27,31)/t20-,22-,23+,24+,25+/m1/s1. The van der Waals surface area contributed by atoms with Crippen LogP contribution >= 0.6 is 0 Å². The number of hydrogen-bond donors (Lipinski definition) is 6. The molecule has 12 nitrogen and oxygen atoms in total. The van der Waals surface area contributed by atoms with Gasteiger partial charge >= 0.3 is 0 Å². The van der Waals surface area contributed by atoms with Crippen molar-refractivity contribution < 1.29 is 39.9 Å². The van der Waals surface area contributed by atoms with Crippen molar-refractivity contribution >= 4 is 16.7 Å². The third kappa shape index (κ3) is 6.60. The summed E-state index contributed by atoms with van der Waals surface area (Å²) in [5, 5.41) is 58.2. The molecule has 1 saturated heterocycles. The van der Waals surface area contributed by atoms with E-state index < -0.39 is 37.3 Å².